The Kier molecular flexibility index (Phi) is 5.14. The normalized spacial score (nSPS) is 15.5. The van der Waals surface area contributed by atoms with Gasteiger partial charge in [-0.05, 0) is 18.6 Å². The van der Waals surface area contributed by atoms with Crippen LogP contribution in [0.5, 0.6) is 0 Å². The van der Waals surface area contributed by atoms with Gasteiger partial charge in [0.15, 0.2) is 5.82 Å². The first-order chi connectivity index (χ1) is 11.3. The van der Waals surface area contributed by atoms with Crippen LogP contribution in [0.3, 0.4) is 0 Å². The minimum absolute atomic E-state index is 0.0617. The molecule has 1 amide bonds. The van der Waals surface area contributed by atoms with Crippen LogP contribution in [0.1, 0.15) is 22.6 Å². The maximum absolute atomic E-state index is 12.5. The number of hydrogen-bond donors (Lipinski definition) is 0. The van der Waals surface area contributed by atoms with Crippen LogP contribution < -0.4 is 4.90 Å². The molecule has 23 heavy (non-hydrogen) atoms. The third-order valence-corrected chi connectivity index (χ3v) is 4.53. The summed E-state index contributed by atoms with van der Waals surface area (Å²) in [4.78, 5) is 25.1. The Balaban J connectivity index is 1.63. The minimum Gasteiger partial charge on any atom is -0.377 e. The second-order valence-electron chi connectivity index (χ2n) is 5.29. The topological polar surface area (TPSA) is 71.5 Å². The molecule has 0 atom stereocenters. The summed E-state index contributed by atoms with van der Waals surface area (Å²) in [6.45, 7) is 3.50. The highest BCUT2D eigenvalue weighted by Gasteiger charge is 2.22. The van der Waals surface area contributed by atoms with Crippen molar-refractivity contribution in [2.24, 2.45) is 0 Å². The Labute approximate surface area is 139 Å². The van der Waals surface area contributed by atoms with E-state index < -0.39 is 0 Å². The molecule has 0 aliphatic carbocycles. The van der Waals surface area contributed by atoms with Gasteiger partial charge in [0.1, 0.15) is 6.61 Å². The van der Waals surface area contributed by atoms with Gasteiger partial charge >= 0.3 is 0 Å². The average Bonchev–Trinajstić information content (AvgIpc) is 2.91. The summed E-state index contributed by atoms with van der Waals surface area (Å²) in [5.41, 5.74) is 0.687. The van der Waals surface area contributed by atoms with Gasteiger partial charge in [-0.2, -0.15) is 4.37 Å². The number of carbonyl (C=O) groups excluding carboxylic acids is 1. The number of pyridine rings is 1. The van der Waals surface area contributed by atoms with E-state index in [2.05, 4.69) is 19.2 Å². The first-order valence-electron chi connectivity index (χ1n) is 7.53. The van der Waals surface area contributed by atoms with Crippen LogP contribution in [0, 0.1) is 0 Å². The van der Waals surface area contributed by atoms with Gasteiger partial charge in [-0.3, -0.25) is 9.78 Å². The quantitative estimate of drug-likeness (QED) is 0.843. The summed E-state index contributed by atoms with van der Waals surface area (Å²) in [6, 6.07) is 3.51. The van der Waals surface area contributed by atoms with E-state index in [-0.39, 0.29) is 5.91 Å². The summed E-state index contributed by atoms with van der Waals surface area (Å²) in [6.07, 6.45) is 4.21. The van der Waals surface area contributed by atoms with Crippen LogP contribution in [-0.4, -0.2) is 58.4 Å². The number of carbonyl (C=O) groups is 1. The van der Waals surface area contributed by atoms with Gasteiger partial charge in [-0.25, -0.2) is 4.98 Å². The van der Waals surface area contributed by atoms with Crippen molar-refractivity contribution in [3.05, 3.63) is 35.9 Å². The van der Waals surface area contributed by atoms with Gasteiger partial charge in [-0.15, -0.1) is 0 Å². The van der Waals surface area contributed by atoms with Gasteiger partial charge < -0.3 is 14.5 Å². The Morgan fingerprint density at radius 3 is 2.87 bits per heavy atom. The number of methoxy groups -OCH3 is 1. The summed E-state index contributed by atoms with van der Waals surface area (Å²) >= 11 is 1.38. The van der Waals surface area contributed by atoms with Gasteiger partial charge in [0.2, 0.25) is 5.13 Å². The van der Waals surface area contributed by atoms with E-state index in [0.29, 0.717) is 24.5 Å². The Morgan fingerprint density at radius 1 is 1.26 bits per heavy atom. The van der Waals surface area contributed by atoms with Crippen LogP contribution in [0.15, 0.2) is 24.5 Å². The molecule has 0 spiro atoms. The molecule has 0 saturated carbocycles. The first-order valence-corrected chi connectivity index (χ1v) is 8.31. The largest absolute Gasteiger partial charge is 0.377 e. The highest BCUT2D eigenvalue weighted by atomic mass is 32.1. The molecule has 1 aliphatic heterocycles. The molecule has 0 bridgehead atoms. The molecule has 3 heterocycles. The van der Waals surface area contributed by atoms with Crippen LogP contribution in [-0.2, 0) is 11.3 Å². The number of nitrogens with zero attached hydrogens (tertiary/aromatic N) is 5. The molecule has 1 saturated heterocycles. The Morgan fingerprint density at radius 2 is 2.09 bits per heavy atom. The van der Waals surface area contributed by atoms with E-state index in [4.69, 9.17) is 4.74 Å². The molecule has 0 aromatic carbocycles. The number of rotatable bonds is 4. The van der Waals surface area contributed by atoms with Crippen molar-refractivity contribution in [2.75, 3.05) is 38.2 Å². The lowest BCUT2D eigenvalue weighted by atomic mass is 10.2. The molecule has 3 rings (SSSR count). The Hall–Kier alpha value is -2.06. The molecule has 8 heteroatoms. The lowest BCUT2D eigenvalue weighted by Gasteiger charge is -2.21. The van der Waals surface area contributed by atoms with Crippen LogP contribution in [0.4, 0.5) is 5.13 Å². The van der Waals surface area contributed by atoms with Crippen LogP contribution >= 0.6 is 11.5 Å². The fraction of sp³-hybridized carbons (Fsp3) is 0.467. The zero-order valence-electron chi connectivity index (χ0n) is 13.0. The second kappa shape index (κ2) is 7.47. The SMILES string of the molecule is COCc1nsc(N2CCCN(C(=O)c3ccncc3)CC2)n1. The fourth-order valence-electron chi connectivity index (χ4n) is 2.55. The summed E-state index contributed by atoms with van der Waals surface area (Å²) in [5, 5.41) is 0.898. The van der Waals surface area contributed by atoms with E-state index in [1.807, 2.05) is 4.90 Å². The van der Waals surface area contributed by atoms with E-state index in [0.717, 1.165) is 31.2 Å². The molecule has 0 radical (unpaired) electrons. The maximum atomic E-state index is 12.5. The predicted molar refractivity (Wildman–Crippen MR) is 87.6 cm³/mol. The second-order valence-corrected chi connectivity index (χ2v) is 6.03. The van der Waals surface area contributed by atoms with Crippen LogP contribution in [0.2, 0.25) is 0 Å². The standard InChI is InChI=1S/C15H19N5O2S/c1-22-11-13-17-15(23-18-13)20-8-2-7-19(9-10-20)14(21)12-3-5-16-6-4-12/h3-6H,2,7-11H2,1H3. The van der Waals surface area contributed by atoms with E-state index in [1.165, 1.54) is 11.5 Å². The molecule has 122 valence electrons. The van der Waals surface area contributed by atoms with Gasteiger partial charge in [0.25, 0.3) is 5.91 Å². The first kappa shape index (κ1) is 15.8. The van der Waals surface area contributed by atoms with E-state index in [1.54, 1.807) is 31.6 Å². The van der Waals surface area contributed by atoms with Crippen molar-refractivity contribution < 1.29 is 9.53 Å². The lowest BCUT2D eigenvalue weighted by molar-refractivity contribution is 0.0767. The molecule has 1 fully saturated rings. The Bertz CT molecular complexity index is 648. The molecule has 1 aliphatic rings. The zero-order chi connectivity index (χ0) is 16.1. The highest BCUT2D eigenvalue weighted by molar-refractivity contribution is 7.09. The molecule has 2 aromatic heterocycles. The summed E-state index contributed by atoms with van der Waals surface area (Å²) in [5.74, 6) is 0.771. The summed E-state index contributed by atoms with van der Waals surface area (Å²) in [7, 11) is 1.63. The summed E-state index contributed by atoms with van der Waals surface area (Å²) < 4.78 is 9.35. The third kappa shape index (κ3) is 3.83. The monoisotopic (exact) mass is 333 g/mol. The maximum Gasteiger partial charge on any atom is 0.254 e. The molecule has 2 aromatic rings. The minimum atomic E-state index is 0.0617. The molecule has 0 N–H and O–H groups in total. The highest BCUT2D eigenvalue weighted by Crippen LogP contribution is 2.20. The number of anilines is 1. The van der Waals surface area contributed by atoms with Crippen molar-refractivity contribution >= 4 is 22.6 Å². The zero-order valence-corrected chi connectivity index (χ0v) is 13.8. The van der Waals surface area contributed by atoms with Gasteiger partial charge in [0.05, 0.1) is 0 Å². The molecular formula is C15H19N5O2S. The lowest BCUT2D eigenvalue weighted by Crippen LogP contribution is -2.35. The van der Waals surface area contributed by atoms with Crippen molar-refractivity contribution in [3.63, 3.8) is 0 Å². The number of hydrogen-bond acceptors (Lipinski definition) is 7. The van der Waals surface area contributed by atoms with Crippen molar-refractivity contribution in [1.29, 1.82) is 0 Å². The van der Waals surface area contributed by atoms with Crippen molar-refractivity contribution in [3.8, 4) is 0 Å². The van der Waals surface area contributed by atoms with E-state index >= 15 is 0 Å². The third-order valence-electron chi connectivity index (χ3n) is 3.71. The molecule has 0 unspecified atom stereocenters. The fourth-order valence-corrected chi connectivity index (χ4v) is 3.27. The van der Waals surface area contributed by atoms with Crippen LogP contribution in [0.25, 0.3) is 0 Å². The smallest absolute Gasteiger partial charge is 0.254 e. The number of amides is 1. The molecular weight excluding hydrogens is 314 g/mol. The average molecular weight is 333 g/mol. The van der Waals surface area contributed by atoms with Gasteiger partial charge in [0, 0.05) is 62.8 Å². The van der Waals surface area contributed by atoms with Crippen molar-refractivity contribution in [2.45, 2.75) is 13.0 Å². The predicted octanol–water partition coefficient (Wildman–Crippen LogP) is 1.43. The van der Waals surface area contributed by atoms with E-state index in [9.17, 15) is 4.79 Å². The van der Waals surface area contributed by atoms with Crippen molar-refractivity contribution in [1.82, 2.24) is 19.2 Å². The number of aromatic nitrogens is 3. The number of ether oxygens (including phenoxy) is 1. The van der Waals surface area contributed by atoms with Gasteiger partial charge in [-0.1, -0.05) is 0 Å². The molecule has 7 nitrogen and oxygen atoms in total.